The molecule has 4 heterocycles. The topological polar surface area (TPSA) is 86.5 Å². The Bertz CT molecular complexity index is 1730. The van der Waals surface area contributed by atoms with Gasteiger partial charge in [-0.1, -0.05) is 17.9 Å². The van der Waals surface area contributed by atoms with Gasteiger partial charge in [0, 0.05) is 67.9 Å². The van der Waals surface area contributed by atoms with E-state index in [2.05, 4.69) is 52.6 Å². The van der Waals surface area contributed by atoms with Gasteiger partial charge in [0.05, 0.1) is 5.52 Å². The largest absolute Gasteiger partial charge is 0.349 e. The van der Waals surface area contributed by atoms with Crippen LogP contribution >= 0.6 is 0 Å². The molecule has 2 aliphatic heterocycles. The van der Waals surface area contributed by atoms with Crippen molar-refractivity contribution in [1.29, 1.82) is 0 Å². The second-order valence-electron chi connectivity index (χ2n) is 12.0. The van der Waals surface area contributed by atoms with Crippen LogP contribution in [-0.2, 0) is 11.8 Å². The number of anilines is 2. The Morgan fingerprint density at radius 1 is 1.05 bits per heavy atom. The van der Waals surface area contributed by atoms with Gasteiger partial charge < -0.3 is 19.6 Å². The minimum Gasteiger partial charge on any atom is -0.349 e. The van der Waals surface area contributed by atoms with Crippen LogP contribution in [0.5, 0.6) is 0 Å². The van der Waals surface area contributed by atoms with Crippen LogP contribution in [0.4, 0.5) is 16.2 Å². The third-order valence-electron chi connectivity index (χ3n) is 8.91. The van der Waals surface area contributed by atoms with Crippen LogP contribution < -0.4 is 9.80 Å². The molecule has 2 aliphatic rings. The fraction of sp³-hybridized carbons (Fsp3) is 0.452. The molecule has 10 nitrogen and oxygen atoms in total. The lowest BCUT2D eigenvalue weighted by atomic mass is 9.92. The van der Waals surface area contributed by atoms with Crippen molar-refractivity contribution in [3.8, 4) is 11.1 Å². The summed E-state index contributed by atoms with van der Waals surface area (Å²) < 4.78 is 18.7. The van der Waals surface area contributed by atoms with Crippen molar-refractivity contribution in [2.24, 2.45) is 7.05 Å². The first-order valence-electron chi connectivity index (χ1n) is 14.4. The summed E-state index contributed by atoms with van der Waals surface area (Å²) in [4.78, 5) is 30.8. The first-order valence-corrected chi connectivity index (χ1v) is 14.4. The Labute approximate surface area is 245 Å². The Hall–Kier alpha value is -4.12. The molecule has 220 valence electrons. The van der Waals surface area contributed by atoms with E-state index in [1.54, 1.807) is 4.68 Å². The van der Waals surface area contributed by atoms with Crippen LogP contribution in [0.2, 0.25) is 0 Å². The van der Waals surface area contributed by atoms with Crippen molar-refractivity contribution >= 4 is 39.6 Å². The second-order valence-corrected chi connectivity index (χ2v) is 12.0. The minimum atomic E-state index is -0.377. The van der Waals surface area contributed by atoms with Gasteiger partial charge in [0.25, 0.3) is 0 Å². The first-order chi connectivity index (χ1) is 20.0. The van der Waals surface area contributed by atoms with Gasteiger partial charge >= 0.3 is 0 Å². The van der Waals surface area contributed by atoms with Crippen LogP contribution in [0, 0.1) is 19.7 Å². The zero-order valence-electron chi connectivity index (χ0n) is 25.4. The third kappa shape index (κ3) is 4.38. The number of carbonyl (C=O) groups excluding carboxylic acids is 1. The molecule has 0 N–H and O–H groups in total. The van der Waals surface area contributed by atoms with Gasteiger partial charge in [-0.15, -0.1) is 5.10 Å². The van der Waals surface area contributed by atoms with E-state index in [0.717, 1.165) is 35.3 Å². The number of halogens is 1. The average molecular weight is 572 g/mol. The summed E-state index contributed by atoms with van der Waals surface area (Å²) in [5.41, 5.74) is 4.79. The number of hydrogen-bond donors (Lipinski definition) is 0. The molecular formula is C31H38FN9O. The molecule has 0 unspecified atom stereocenters. The third-order valence-corrected chi connectivity index (χ3v) is 8.91. The highest BCUT2D eigenvalue weighted by atomic mass is 19.1. The molecule has 0 aliphatic carbocycles. The van der Waals surface area contributed by atoms with E-state index in [-0.39, 0.29) is 23.8 Å². The molecule has 0 bridgehead atoms. The second kappa shape index (κ2) is 10.3. The minimum absolute atomic E-state index is 0.0403. The number of amides is 1. The summed E-state index contributed by atoms with van der Waals surface area (Å²) in [5, 5.41) is 9.14. The number of aryl methyl sites for hydroxylation is 3. The monoisotopic (exact) mass is 571 g/mol. The Kier molecular flexibility index (Phi) is 6.87. The van der Waals surface area contributed by atoms with E-state index in [9.17, 15) is 4.79 Å². The fourth-order valence-corrected chi connectivity index (χ4v) is 6.35. The van der Waals surface area contributed by atoms with E-state index in [1.165, 1.54) is 6.08 Å². The molecule has 2 aromatic heterocycles. The average Bonchev–Trinajstić information content (AvgIpc) is 3.30. The van der Waals surface area contributed by atoms with Gasteiger partial charge in [0.1, 0.15) is 16.9 Å². The van der Waals surface area contributed by atoms with Gasteiger partial charge in [-0.05, 0) is 71.1 Å². The molecule has 2 fully saturated rings. The number of rotatable bonds is 5. The van der Waals surface area contributed by atoms with Crippen molar-refractivity contribution < 1.29 is 9.18 Å². The molecule has 42 heavy (non-hydrogen) atoms. The quantitative estimate of drug-likeness (QED) is 0.336. The summed E-state index contributed by atoms with van der Waals surface area (Å²) in [6, 6.07) is 6.16. The maximum Gasteiger partial charge on any atom is 0.246 e. The molecule has 6 rings (SSSR count). The normalized spacial score (nSPS) is 19.7. The summed E-state index contributed by atoms with van der Waals surface area (Å²) >= 11 is 0. The van der Waals surface area contributed by atoms with Crippen LogP contribution in [0.3, 0.4) is 0 Å². The van der Waals surface area contributed by atoms with Crippen LogP contribution in [0.1, 0.15) is 25.0 Å². The molecule has 0 spiro atoms. The SMILES string of the molecule is C=CC(=O)N1C[C@H](C)N(c2nc(N3CC(N(C)C)C3)nc3c(F)c(-c4c(C)ccc5nnn(C)c45)c(C)cc23)C[C@H]1C. The predicted octanol–water partition coefficient (Wildman–Crippen LogP) is 3.70. The van der Waals surface area contributed by atoms with E-state index in [4.69, 9.17) is 9.97 Å². The maximum atomic E-state index is 17.0. The molecule has 1 amide bonds. The Morgan fingerprint density at radius 3 is 2.48 bits per heavy atom. The van der Waals surface area contributed by atoms with E-state index < -0.39 is 0 Å². The van der Waals surface area contributed by atoms with Crippen molar-refractivity contribution in [2.45, 2.75) is 45.8 Å². The molecule has 11 heteroatoms. The zero-order chi connectivity index (χ0) is 30.0. The number of benzene rings is 2. The first kappa shape index (κ1) is 28.0. The van der Waals surface area contributed by atoms with Crippen LogP contribution in [0.15, 0.2) is 30.9 Å². The number of carbonyl (C=O) groups is 1. The molecule has 0 saturated carbocycles. The molecule has 0 radical (unpaired) electrons. The van der Waals surface area contributed by atoms with E-state index >= 15 is 4.39 Å². The van der Waals surface area contributed by atoms with Crippen molar-refractivity contribution in [3.05, 3.63) is 47.8 Å². The number of nitrogens with zero attached hydrogens (tertiary/aromatic N) is 9. The number of fused-ring (bicyclic) bond motifs is 2. The standard InChI is InChI=1S/C31H38FN9O/c1-9-24(42)40-13-20(5)41(14-19(40)4)30-22-12-18(3)25(26-17(2)10-11-23-29(26)38(8)36-35-23)27(32)28(22)33-31(34-30)39-15-21(16-39)37(6)7/h9-12,19-21H,1,13-16H2,2-8H3/t19-,20+/m1/s1. The van der Waals surface area contributed by atoms with Crippen molar-refractivity contribution in [3.63, 3.8) is 0 Å². The van der Waals surface area contributed by atoms with Gasteiger partial charge in [-0.25, -0.2) is 14.1 Å². The number of hydrogen-bond acceptors (Lipinski definition) is 8. The van der Waals surface area contributed by atoms with Crippen molar-refractivity contribution in [1.82, 2.24) is 34.8 Å². The maximum absolute atomic E-state index is 17.0. The van der Waals surface area contributed by atoms with Gasteiger partial charge in [-0.3, -0.25) is 4.79 Å². The number of likely N-dealkylation sites (N-methyl/N-ethyl adjacent to an activating group) is 1. The van der Waals surface area contributed by atoms with Gasteiger partial charge in [0.2, 0.25) is 11.9 Å². The van der Waals surface area contributed by atoms with Gasteiger partial charge in [-0.2, -0.15) is 4.98 Å². The summed E-state index contributed by atoms with van der Waals surface area (Å²) in [6.45, 7) is 14.3. The molecule has 2 atom stereocenters. The van der Waals surface area contributed by atoms with E-state index in [1.807, 2.05) is 50.9 Å². The van der Waals surface area contributed by atoms with Crippen molar-refractivity contribution in [2.75, 3.05) is 50.1 Å². The number of piperazine rings is 1. The lowest BCUT2D eigenvalue weighted by Crippen LogP contribution is -2.59. The lowest BCUT2D eigenvalue weighted by molar-refractivity contribution is -0.128. The molecule has 4 aromatic rings. The fourth-order valence-electron chi connectivity index (χ4n) is 6.35. The molecule has 2 saturated heterocycles. The highest BCUT2D eigenvalue weighted by Crippen LogP contribution is 2.41. The smallest absolute Gasteiger partial charge is 0.246 e. The predicted molar refractivity (Wildman–Crippen MR) is 164 cm³/mol. The molecule has 2 aromatic carbocycles. The van der Waals surface area contributed by atoms with Crippen LogP contribution in [-0.4, -0.2) is 99.1 Å². The summed E-state index contributed by atoms with van der Waals surface area (Å²) in [5.74, 6) is 0.751. The lowest BCUT2D eigenvalue weighted by Gasteiger charge is -2.45. The summed E-state index contributed by atoms with van der Waals surface area (Å²) in [7, 11) is 5.95. The highest BCUT2D eigenvalue weighted by molar-refractivity contribution is 6.01. The van der Waals surface area contributed by atoms with Gasteiger partial charge in [0.15, 0.2) is 5.82 Å². The zero-order valence-corrected chi connectivity index (χ0v) is 25.4. The van der Waals surface area contributed by atoms with E-state index in [0.29, 0.717) is 52.9 Å². The summed E-state index contributed by atoms with van der Waals surface area (Å²) in [6.07, 6.45) is 1.36. The number of aromatic nitrogens is 5. The highest BCUT2D eigenvalue weighted by Gasteiger charge is 2.36. The van der Waals surface area contributed by atoms with Crippen LogP contribution in [0.25, 0.3) is 33.1 Å². The Morgan fingerprint density at radius 2 is 1.79 bits per heavy atom. The molecular weight excluding hydrogens is 533 g/mol. The Balaban J connectivity index is 1.55.